The van der Waals surface area contributed by atoms with Gasteiger partial charge in [0.2, 0.25) is 5.91 Å². The van der Waals surface area contributed by atoms with Crippen LogP contribution in [-0.4, -0.2) is 107 Å². The summed E-state index contributed by atoms with van der Waals surface area (Å²) in [6, 6.07) is 7.11. The average Bonchev–Trinajstić information content (AvgIpc) is 3.65. The van der Waals surface area contributed by atoms with Crippen molar-refractivity contribution in [1.29, 1.82) is 0 Å². The molecule has 51 heavy (non-hydrogen) atoms. The van der Waals surface area contributed by atoms with Gasteiger partial charge in [-0.05, 0) is 70.1 Å². The van der Waals surface area contributed by atoms with Crippen LogP contribution in [0.4, 0.5) is 16.0 Å². The first-order valence-electron chi connectivity index (χ1n) is 17.5. The number of likely N-dealkylation sites (tertiary alicyclic amines) is 1. The van der Waals surface area contributed by atoms with Crippen LogP contribution in [0, 0.1) is 11.7 Å². The van der Waals surface area contributed by atoms with E-state index in [1.807, 2.05) is 18.0 Å². The molecule has 3 aromatic heterocycles. The molecule has 13 nitrogen and oxygen atoms in total. The molecule has 6 heterocycles. The Kier molecular flexibility index (Phi) is 10.1. The number of nitrogens with zero attached hydrogens (tertiary/aromatic N) is 7. The van der Waals surface area contributed by atoms with Crippen molar-refractivity contribution in [3.63, 3.8) is 0 Å². The maximum Gasteiger partial charge on any atom is 0.340 e. The van der Waals surface area contributed by atoms with E-state index in [-0.39, 0.29) is 65.5 Å². The predicted molar refractivity (Wildman–Crippen MR) is 195 cm³/mol. The summed E-state index contributed by atoms with van der Waals surface area (Å²) in [6.45, 7) is 7.71. The van der Waals surface area contributed by atoms with E-state index in [0.717, 1.165) is 38.8 Å². The molecule has 2 N–H and O–H groups in total. The zero-order chi connectivity index (χ0) is 35.9. The Labute approximate surface area is 301 Å². The Bertz CT molecular complexity index is 2000. The molecule has 0 aliphatic carbocycles. The Morgan fingerprint density at radius 3 is 2.55 bits per heavy atom. The predicted octanol–water partition coefficient (Wildman–Crippen LogP) is 5.78. The number of hydrogen-bond donors (Lipinski definition) is 1. The first-order valence-corrected chi connectivity index (χ1v) is 19.6. The molecule has 0 unspecified atom stereocenters. The number of ether oxygens (including phenoxy) is 1. The number of hydrogen-bond acceptors (Lipinski definition) is 12. The molecule has 0 spiro atoms. The maximum absolute atomic E-state index is 16.8. The second kappa shape index (κ2) is 14.4. The molecule has 1 amide bonds. The molecule has 16 heteroatoms. The highest BCUT2D eigenvalue weighted by molar-refractivity contribution is 7.54. The number of carbonyl (C=O) groups is 1. The third-order valence-corrected chi connectivity index (χ3v) is 12.4. The molecule has 0 radical (unpaired) electrons. The molecular formula is C35H43ClFN8O5P. The summed E-state index contributed by atoms with van der Waals surface area (Å²) < 4.78 is 46.7. The highest BCUT2D eigenvalue weighted by Crippen LogP contribution is 2.48. The number of nitrogens with two attached hydrogens (primary N) is 1. The Hall–Kier alpha value is -3.68. The van der Waals surface area contributed by atoms with E-state index in [9.17, 15) is 9.36 Å². The first kappa shape index (κ1) is 35.7. The average molecular weight is 741 g/mol. The van der Waals surface area contributed by atoms with Crippen LogP contribution in [0.2, 0.25) is 5.02 Å². The van der Waals surface area contributed by atoms with Gasteiger partial charge in [0, 0.05) is 44.2 Å². The van der Waals surface area contributed by atoms with Gasteiger partial charge < -0.3 is 29.3 Å². The van der Waals surface area contributed by atoms with Crippen molar-refractivity contribution < 1.29 is 27.5 Å². The van der Waals surface area contributed by atoms with Crippen LogP contribution in [0.5, 0.6) is 6.01 Å². The fourth-order valence-corrected chi connectivity index (χ4v) is 9.66. The quantitative estimate of drug-likeness (QED) is 0.166. The van der Waals surface area contributed by atoms with Crippen LogP contribution in [-0.2, 0) is 18.4 Å². The molecule has 3 saturated heterocycles. The lowest BCUT2D eigenvalue weighted by Crippen LogP contribution is -2.54. The summed E-state index contributed by atoms with van der Waals surface area (Å²) in [5, 5.41) is 2.04. The zero-order valence-electron chi connectivity index (χ0n) is 29.1. The summed E-state index contributed by atoms with van der Waals surface area (Å²) in [7, 11) is -1.64. The van der Waals surface area contributed by atoms with Gasteiger partial charge >= 0.3 is 13.6 Å². The monoisotopic (exact) mass is 740 g/mol. The van der Waals surface area contributed by atoms with Gasteiger partial charge in [0.05, 0.1) is 29.2 Å². The molecule has 0 atom stereocenters. The smallest absolute Gasteiger partial charge is 0.340 e. The van der Waals surface area contributed by atoms with Crippen LogP contribution in [0.15, 0.2) is 30.5 Å². The van der Waals surface area contributed by atoms with Gasteiger partial charge in [0.15, 0.2) is 5.82 Å². The Morgan fingerprint density at radius 1 is 1.12 bits per heavy atom. The maximum atomic E-state index is 16.8. The van der Waals surface area contributed by atoms with Crippen LogP contribution in [0.3, 0.4) is 0 Å². The SMILES string of the molecule is CCOP(=O)(CC(=O)N1CC(CN(C)c2nc(OCC34CCCN3CCC4)nc3c(F)c(-c4nc(N)cc5cccc(Cl)c45)ncc23)C1)OCC. The van der Waals surface area contributed by atoms with E-state index >= 15 is 4.39 Å². The molecule has 0 saturated carbocycles. The largest absolute Gasteiger partial charge is 0.461 e. The van der Waals surface area contributed by atoms with Crippen molar-refractivity contribution in [2.24, 2.45) is 5.92 Å². The number of rotatable bonds is 13. The molecule has 272 valence electrons. The number of amides is 1. The fraction of sp³-hybridized carbons (Fsp3) is 0.514. The summed E-state index contributed by atoms with van der Waals surface area (Å²) >= 11 is 6.59. The van der Waals surface area contributed by atoms with Crippen LogP contribution in [0.25, 0.3) is 33.1 Å². The van der Waals surface area contributed by atoms with Crippen molar-refractivity contribution in [3.8, 4) is 17.4 Å². The standard InChI is InChI=1S/C35H43ClFN8O5P/c1-4-49-51(47,50-5-2)20-27(46)44-18-22(19-44)17-43(3)33-24-16-39-32(31-28-23(15-26(38)40-31)9-6-10-25(28)36)29(37)30(24)41-34(42-33)48-21-35-11-7-13-45(35)14-8-12-35/h6,9-10,15-16,22H,4-5,7-8,11-14,17-21H2,1-3H3,(H2,38,40). The van der Waals surface area contributed by atoms with Gasteiger partial charge in [0.25, 0.3) is 0 Å². The van der Waals surface area contributed by atoms with Crippen LogP contribution < -0.4 is 15.4 Å². The lowest BCUT2D eigenvalue weighted by Gasteiger charge is -2.41. The number of benzene rings is 1. The molecule has 4 aromatic rings. The fourth-order valence-electron chi connectivity index (χ4n) is 7.81. The Balaban J connectivity index is 1.19. The Morgan fingerprint density at radius 2 is 1.84 bits per heavy atom. The topological polar surface area (TPSA) is 149 Å². The van der Waals surface area contributed by atoms with E-state index in [1.165, 1.54) is 0 Å². The molecule has 3 fully saturated rings. The zero-order valence-corrected chi connectivity index (χ0v) is 30.8. The van der Waals surface area contributed by atoms with E-state index < -0.39 is 13.4 Å². The van der Waals surface area contributed by atoms with Crippen LogP contribution >= 0.6 is 19.2 Å². The third kappa shape index (κ3) is 6.96. The number of carbonyl (C=O) groups excluding carboxylic acids is 1. The molecular weight excluding hydrogens is 698 g/mol. The van der Waals surface area contributed by atoms with E-state index in [0.29, 0.717) is 53.2 Å². The number of pyridine rings is 2. The number of aromatic nitrogens is 4. The lowest BCUT2D eigenvalue weighted by atomic mass is 9.95. The summed E-state index contributed by atoms with van der Waals surface area (Å²) in [5.41, 5.74) is 6.30. The number of fused-ring (bicyclic) bond motifs is 3. The minimum absolute atomic E-state index is 0.0351. The van der Waals surface area contributed by atoms with Crippen molar-refractivity contribution in [3.05, 3.63) is 41.3 Å². The van der Waals surface area contributed by atoms with E-state index in [2.05, 4.69) is 19.9 Å². The lowest BCUT2D eigenvalue weighted by molar-refractivity contribution is -0.134. The number of halogens is 2. The minimum Gasteiger partial charge on any atom is -0.461 e. The van der Waals surface area contributed by atoms with Crippen molar-refractivity contribution >= 4 is 58.4 Å². The van der Waals surface area contributed by atoms with Gasteiger partial charge in [0.1, 0.15) is 41.3 Å². The summed E-state index contributed by atoms with van der Waals surface area (Å²) in [5.74, 6) is -0.236. The minimum atomic E-state index is -3.51. The molecule has 1 aromatic carbocycles. The molecule has 7 rings (SSSR count). The second-order valence-corrected chi connectivity index (χ2v) is 16.1. The van der Waals surface area contributed by atoms with Crippen molar-refractivity contribution in [1.82, 2.24) is 29.7 Å². The highest BCUT2D eigenvalue weighted by atomic mass is 35.5. The van der Waals surface area contributed by atoms with Crippen molar-refractivity contribution in [2.45, 2.75) is 45.1 Å². The van der Waals surface area contributed by atoms with Crippen LogP contribution in [0.1, 0.15) is 39.5 Å². The number of anilines is 2. The van der Waals surface area contributed by atoms with E-state index in [4.69, 9.17) is 36.1 Å². The molecule has 3 aliphatic rings. The van der Waals surface area contributed by atoms with E-state index in [1.54, 1.807) is 43.1 Å². The third-order valence-electron chi connectivity index (χ3n) is 10.2. The van der Waals surface area contributed by atoms with Gasteiger partial charge in [-0.2, -0.15) is 9.97 Å². The number of nitrogen functional groups attached to an aromatic ring is 1. The first-order chi connectivity index (χ1) is 24.5. The highest BCUT2D eigenvalue weighted by Gasteiger charge is 2.45. The van der Waals surface area contributed by atoms with Gasteiger partial charge in [-0.3, -0.25) is 19.2 Å². The van der Waals surface area contributed by atoms with Crippen molar-refractivity contribution in [2.75, 3.05) is 76.4 Å². The van der Waals surface area contributed by atoms with Gasteiger partial charge in [-0.25, -0.2) is 9.37 Å². The summed E-state index contributed by atoms with van der Waals surface area (Å²) in [4.78, 5) is 37.4. The molecule has 0 bridgehead atoms. The van der Waals surface area contributed by atoms with Gasteiger partial charge in [-0.1, -0.05) is 23.7 Å². The van der Waals surface area contributed by atoms with Gasteiger partial charge in [-0.15, -0.1) is 0 Å². The summed E-state index contributed by atoms with van der Waals surface area (Å²) in [6.07, 6.45) is 5.53. The molecule has 3 aliphatic heterocycles. The second-order valence-electron chi connectivity index (χ2n) is 13.6. The normalized spacial score (nSPS) is 17.6.